The molecule has 0 aliphatic carbocycles. The lowest BCUT2D eigenvalue weighted by atomic mass is 9.97. The number of fused-ring (bicyclic) bond motifs is 1. The summed E-state index contributed by atoms with van der Waals surface area (Å²) in [6.45, 7) is 2.92. The van der Waals surface area contributed by atoms with Gasteiger partial charge in [0.25, 0.3) is 0 Å². The number of aromatic amines is 1. The summed E-state index contributed by atoms with van der Waals surface area (Å²) >= 11 is 0. The van der Waals surface area contributed by atoms with Crippen molar-refractivity contribution in [3.8, 4) is 0 Å². The number of hydrogen-bond acceptors (Lipinski definition) is 5. The molecule has 2 aromatic heterocycles. The second kappa shape index (κ2) is 7.74. The Balaban J connectivity index is 1.28. The van der Waals surface area contributed by atoms with Crippen LogP contribution in [0.5, 0.6) is 0 Å². The van der Waals surface area contributed by atoms with E-state index < -0.39 is 9.84 Å². The summed E-state index contributed by atoms with van der Waals surface area (Å²) in [5, 5.41) is 4.84. The van der Waals surface area contributed by atoms with Crippen LogP contribution >= 0.6 is 0 Å². The first kappa shape index (κ1) is 19.1. The SMILES string of the molecule is O=S(=O)(Cc1cccc(C2CCN(Cc3c[nH]c4ccccc34)C2)c1)c1ccon1. The van der Waals surface area contributed by atoms with E-state index in [9.17, 15) is 8.42 Å². The molecule has 2 aromatic carbocycles. The minimum atomic E-state index is -3.49. The van der Waals surface area contributed by atoms with E-state index in [0.717, 1.165) is 31.6 Å². The molecular weight excluding hydrogens is 398 g/mol. The maximum absolute atomic E-state index is 12.5. The van der Waals surface area contributed by atoms with E-state index in [1.807, 2.05) is 24.3 Å². The van der Waals surface area contributed by atoms with Gasteiger partial charge in [0.05, 0.1) is 5.75 Å². The molecule has 4 aromatic rings. The summed E-state index contributed by atoms with van der Waals surface area (Å²) in [4.78, 5) is 5.82. The second-order valence-corrected chi connectivity index (χ2v) is 9.86. The van der Waals surface area contributed by atoms with Gasteiger partial charge in [-0.05, 0) is 41.6 Å². The third-order valence-electron chi connectivity index (χ3n) is 5.85. The van der Waals surface area contributed by atoms with Crippen LogP contribution in [0.4, 0.5) is 0 Å². The Morgan fingerprint density at radius 3 is 2.90 bits per heavy atom. The van der Waals surface area contributed by atoms with Crippen molar-refractivity contribution in [2.75, 3.05) is 13.1 Å². The van der Waals surface area contributed by atoms with E-state index in [1.165, 1.54) is 34.4 Å². The first-order valence-corrected chi connectivity index (χ1v) is 11.7. The molecule has 0 amide bonds. The maximum atomic E-state index is 12.5. The summed E-state index contributed by atoms with van der Waals surface area (Å²) < 4.78 is 29.7. The second-order valence-electron chi connectivity index (χ2n) is 7.92. The van der Waals surface area contributed by atoms with Gasteiger partial charge in [-0.15, -0.1) is 0 Å². The molecule has 1 N–H and O–H groups in total. The van der Waals surface area contributed by atoms with Crippen molar-refractivity contribution in [2.45, 2.75) is 29.7 Å². The number of H-pyrrole nitrogens is 1. The van der Waals surface area contributed by atoms with Crippen molar-refractivity contribution in [2.24, 2.45) is 0 Å². The van der Waals surface area contributed by atoms with Gasteiger partial charge in [0.15, 0.2) is 5.03 Å². The zero-order valence-electron chi connectivity index (χ0n) is 16.5. The monoisotopic (exact) mass is 421 g/mol. The number of likely N-dealkylation sites (tertiary alicyclic amines) is 1. The van der Waals surface area contributed by atoms with E-state index >= 15 is 0 Å². The van der Waals surface area contributed by atoms with Gasteiger partial charge in [-0.3, -0.25) is 4.90 Å². The number of hydrogen-bond donors (Lipinski definition) is 1. The average Bonchev–Trinajstić information content (AvgIpc) is 3.50. The van der Waals surface area contributed by atoms with Gasteiger partial charge >= 0.3 is 0 Å². The van der Waals surface area contributed by atoms with E-state index in [0.29, 0.717) is 5.92 Å². The molecule has 3 heterocycles. The molecule has 1 saturated heterocycles. The highest BCUT2D eigenvalue weighted by molar-refractivity contribution is 7.90. The fourth-order valence-corrected chi connectivity index (χ4v) is 5.53. The van der Waals surface area contributed by atoms with Crippen molar-refractivity contribution >= 4 is 20.7 Å². The van der Waals surface area contributed by atoms with Crippen LogP contribution in [0.1, 0.15) is 29.0 Å². The summed E-state index contributed by atoms with van der Waals surface area (Å²) in [6, 6.07) is 17.7. The lowest BCUT2D eigenvalue weighted by molar-refractivity contribution is 0.328. The van der Waals surface area contributed by atoms with E-state index in [1.54, 1.807) is 0 Å². The highest BCUT2D eigenvalue weighted by Crippen LogP contribution is 2.30. The molecule has 30 heavy (non-hydrogen) atoms. The van der Waals surface area contributed by atoms with Gasteiger partial charge < -0.3 is 9.51 Å². The van der Waals surface area contributed by atoms with Crippen LogP contribution in [0.25, 0.3) is 10.9 Å². The fourth-order valence-electron chi connectivity index (χ4n) is 4.34. The predicted molar refractivity (Wildman–Crippen MR) is 115 cm³/mol. The van der Waals surface area contributed by atoms with Crippen molar-refractivity contribution in [3.63, 3.8) is 0 Å². The van der Waals surface area contributed by atoms with Gasteiger partial charge in [0.1, 0.15) is 6.26 Å². The third kappa shape index (κ3) is 3.78. The zero-order chi connectivity index (χ0) is 20.6. The molecule has 1 aliphatic heterocycles. The highest BCUT2D eigenvalue weighted by atomic mass is 32.2. The first-order chi connectivity index (χ1) is 14.6. The lowest BCUT2D eigenvalue weighted by Crippen LogP contribution is -2.19. The van der Waals surface area contributed by atoms with Crippen LogP contribution in [0.3, 0.4) is 0 Å². The smallest absolute Gasteiger partial charge is 0.203 e. The van der Waals surface area contributed by atoms with Gasteiger partial charge in [-0.25, -0.2) is 8.42 Å². The van der Waals surface area contributed by atoms with Crippen molar-refractivity contribution in [1.82, 2.24) is 15.0 Å². The standard InChI is InChI=1S/C23H23N3O3S/c27-30(28,23-9-11-29-25-23)16-17-4-3-5-18(12-17)19-8-10-26(14-19)15-20-13-24-22-7-2-1-6-21(20)22/h1-7,9,11-13,19,24H,8,10,14-16H2. The summed E-state index contributed by atoms with van der Waals surface area (Å²) in [5.74, 6) is 0.337. The Morgan fingerprint density at radius 2 is 2.03 bits per heavy atom. The Kier molecular flexibility index (Phi) is 4.92. The third-order valence-corrected chi connectivity index (χ3v) is 7.41. The molecule has 1 aliphatic rings. The molecule has 1 unspecified atom stereocenters. The molecule has 1 atom stereocenters. The molecule has 0 bridgehead atoms. The van der Waals surface area contributed by atoms with Crippen LogP contribution in [0, 0.1) is 0 Å². The Morgan fingerprint density at radius 1 is 1.13 bits per heavy atom. The quantitative estimate of drug-likeness (QED) is 0.507. The number of sulfone groups is 1. The molecule has 0 spiro atoms. The van der Waals surface area contributed by atoms with Crippen molar-refractivity contribution in [3.05, 3.63) is 83.7 Å². The molecule has 1 fully saturated rings. The number of para-hydroxylation sites is 1. The predicted octanol–water partition coefficient (Wildman–Crippen LogP) is 4.12. The minimum Gasteiger partial charge on any atom is -0.363 e. The molecule has 7 heteroatoms. The summed E-state index contributed by atoms with van der Waals surface area (Å²) in [6.07, 6.45) is 4.46. The maximum Gasteiger partial charge on any atom is 0.203 e. The van der Waals surface area contributed by atoms with Crippen LogP contribution < -0.4 is 0 Å². The summed E-state index contributed by atoms with van der Waals surface area (Å²) in [7, 11) is -3.49. The number of aromatic nitrogens is 2. The van der Waals surface area contributed by atoms with Gasteiger partial charge in [-0.1, -0.05) is 47.6 Å². The van der Waals surface area contributed by atoms with Gasteiger partial charge in [-0.2, -0.15) is 0 Å². The zero-order valence-corrected chi connectivity index (χ0v) is 17.3. The highest BCUT2D eigenvalue weighted by Gasteiger charge is 2.25. The number of nitrogens with zero attached hydrogens (tertiary/aromatic N) is 2. The Labute approximate surface area is 175 Å². The van der Waals surface area contributed by atoms with E-state index in [4.69, 9.17) is 0 Å². The molecule has 6 nitrogen and oxygen atoms in total. The van der Waals surface area contributed by atoms with Crippen LogP contribution in [-0.4, -0.2) is 36.5 Å². The van der Waals surface area contributed by atoms with Crippen LogP contribution in [0.15, 0.2) is 76.6 Å². The van der Waals surface area contributed by atoms with E-state index in [-0.39, 0.29) is 10.8 Å². The van der Waals surface area contributed by atoms with Gasteiger partial charge in [0, 0.05) is 36.3 Å². The first-order valence-electron chi connectivity index (χ1n) is 10.1. The molecule has 0 radical (unpaired) electrons. The van der Waals surface area contributed by atoms with Gasteiger partial charge in [0.2, 0.25) is 9.84 Å². The number of benzene rings is 2. The summed E-state index contributed by atoms with van der Waals surface area (Å²) in [5.41, 5.74) is 4.47. The topological polar surface area (TPSA) is 79.2 Å². The lowest BCUT2D eigenvalue weighted by Gasteiger charge is -2.16. The molecule has 0 saturated carbocycles. The van der Waals surface area contributed by atoms with Crippen molar-refractivity contribution < 1.29 is 12.9 Å². The minimum absolute atomic E-state index is 0.0151. The largest absolute Gasteiger partial charge is 0.363 e. The normalized spacial score (nSPS) is 17.7. The number of rotatable bonds is 6. The Hall–Kier alpha value is -2.90. The Bertz CT molecular complexity index is 1260. The molecule has 5 rings (SSSR count). The number of nitrogens with one attached hydrogen (secondary N) is 1. The van der Waals surface area contributed by atoms with E-state index in [2.05, 4.69) is 50.0 Å². The average molecular weight is 422 g/mol. The van der Waals surface area contributed by atoms with Crippen LogP contribution in [0.2, 0.25) is 0 Å². The molecular formula is C23H23N3O3S. The van der Waals surface area contributed by atoms with Crippen molar-refractivity contribution in [1.29, 1.82) is 0 Å². The van der Waals surface area contributed by atoms with Crippen LogP contribution in [-0.2, 0) is 22.1 Å². The molecule has 154 valence electrons. The fraction of sp³-hybridized carbons (Fsp3) is 0.261.